The lowest BCUT2D eigenvalue weighted by atomic mass is 10.1. The van der Waals surface area contributed by atoms with Crippen LogP contribution in [0.1, 0.15) is 47.7 Å². The topological polar surface area (TPSA) is 96.5 Å². The minimum Gasteiger partial charge on any atom is -0.481 e. The SMILES string of the molecule is CC(N)c1nc(C(=O)N2CCCC2CC(=O)O)cs1. The Kier molecular flexibility index (Phi) is 4.16. The normalized spacial score (nSPS) is 20.5. The maximum absolute atomic E-state index is 12.3. The van der Waals surface area contributed by atoms with Crippen molar-refractivity contribution >= 4 is 23.2 Å². The first-order valence-electron chi connectivity index (χ1n) is 6.23. The van der Waals surface area contributed by atoms with E-state index in [1.807, 2.05) is 6.92 Å². The van der Waals surface area contributed by atoms with Gasteiger partial charge in [0, 0.05) is 18.0 Å². The molecular formula is C12H17N3O3S. The Hall–Kier alpha value is -1.47. The number of carbonyl (C=O) groups is 2. The summed E-state index contributed by atoms with van der Waals surface area (Å²) in [5, 5.41) is 11.3. The van der Waals surface area contributed by atoms with Crippen LogP contribution >= 0.6 is 11.3 Å². The summed E-state index contributed by atoms with van der Waals surface area (Å²) in [6, 6.07) is -0.412. The van der Waals surface area contributed by atoms with Gasteiger partial charge in [-0.1, -0.05) is 0 Å². The van der Waals surface area contributed by atoms with E-state index in [9.17, 15) is 9.59 Å². The third-order valence-electron chi connectivity index (χ3n) is 3.18. The van der Waals surface area contributed by atoms with E-state index in [2.05, 4.69) is 4.98 Å². The summed E-state index contributed by atoms with van der Waals surface area (Å²) in [4.78, 5) is 28.9. The maximum atomic E-state index is 12.3. The number of thiazole rings is 1. The molecular weight excluding hydrogens is 266 g/mol. The van der Waals surface area contributed by atoms with Gasteiger partial charge in [-0.15, -0.1) is 11.3 Å². The Morgan fingerprint density at radius 3 is 3.00 bits per heavy atom. The first kappa shape index (κ1) is 14.0. The largest absolute Gasteiger partial charge is 0.481 e. The van der Waals surface area contributed by atoms with E-state index in [4.69, 9.17) is 10.8 Å². The molecule has 2 unspecified atom stereocenters. The van der Waals surface area contributed by atoms with Crippen LogP contribution in [-0.2, 0) is 4.79 Å². The highest BCUT2D eigenvalue weighted by Crippen LogP contribution is 2.24. The molecule has 104 valence electrons. The van der Waals surface area contributed by atoms with Crippen LogP contribution in [0.25, 0.3) is 0 Å². The van der Waals surface area contributed by atoms with Gasteiger partial charge >= 0.3 is 5.97 Å². The van der Waals surface area contributed by atoms with Crippen molar-refractivity contribution in [2.45, 2.75) is 38.3 Å². The average Bonchev–Trinajstić information content (AvgIpc) is 2.95. The molecule has 2 heterocycles. The second-order valence-corrected chi connectivity index (χ2v) is 5.64. The molecule has 7 heteroatoms. The van der Waals surface area contributed by atoms with Gasteiger partial charge in [0.15, 0.2) is 0 Å². The monoisotopic (exact) mass is 283 g/mol. The number of amides is 1. The molecule has 2 rings (SSSR count). The van der Waals surface area contributed by atoms with Crippen LogP contribution in [0, 0.1) is 0 Å². The zero-order valence-corrected chi connectivity index (χ0v) is 11.5. The van der Waals surface area contributed by atoms with Crippen molar-refractivity contribution < 1.29 is 14.7 Å². The van der Waals surface area contributed by atoms with Gasteiger partial charge in [0.1, 0.15) is 10.7 Å². The van der Waals surface area contributed by atoms with E-state index < -0.39 is 5.97 Å². The Morgan fingerprint density at radius 2 is 2.42 bits per heavy atom. The molecule has 1 aromatic rings. The van der Waals surface area contributed by atoms with Gasteiger partial charge in [-0.2, -0.15) is 0 Å². The maximum Gasteiger partial charge on any atom is 0.305 e. The number of aromatic nitrogens is 1. The third-order valence-corrected chi connectivity index (χ3v) is 4.22. The molecule has 6 nitrogen and oxygen atoms in total. The lowest BCUT2D eigenvalue weighted by molar-refractivity contribution is -0.137. The van der Waals surface area contributed by atoms with Crippen LogP contribution in [0.2, 0.25) is 0 Å². The fraction of sp³-hybridized carbons (Fsp3) is 0.583. The number of carbonyl (C=O) groups excluding carboxylic acids is 1. The molecule has 0 spiro atoms. The van der Waals surface area contributed by atoms with E-state index in [0.29, 0.717) is 12.2 Å². The number of carboxylic acids is 1. The summed E-state index contributed by atoms with van der Waals surface area (Å²) in [5.41, 5.74) is 6.09. The Bertz CT molecular complexity index is 486. The molecule has 0 aliphatic carbocycles. The summed E-state index contributed by atoms with van der Waals surface area (Å²) in [5.74, 6) is -1.06. The van der Waals surface area contributed by atoms with Crippen LogP contribution in [0.15, 0.2) is 5.38 Å². The van der Waals surface area contributed by atoms with Crippen LogP contribution in [0.5, 0.6) is 0 Å². The summed E-state index contributed by atoms with van der Waals surface area (Å²) in [7, 11) is 0. The van der Waals surface area contributed by atoms with Crippen LogP contribution < -0.4 is 5.73 Å². The predicted molar refractivity (Wildman–Crippen MR) is 71.0 cm³/mol. The fourth-order valence-corrected chi connectivity index (χ4v) is 3.01. The molecule has 1 fully saturated rings. The Balaban J connectivity index is 2.11. The molecule has 1 saturated heterocycles. The minimum atomic E-state index is -0.876. The second-order valence-electron chi connectivity index (χ2n) is 4.75. The molecule has 3 N–H and O–H groups in total. The van der Waals surface area contributed by atoms with Crippen molar-refractivity contribution in [1.82, 2.24) is 9.88 Å². The highest BCUT2D eigenvalue weighted by atomic mass is 32.1. The van der Waals surface area contributed by atoms with Gasteiger partial charge in [0.2, 0.25) is 0 Å². The van der Waals surface area contributed by atoms with Gasteiger partial charge in [-0.25, -0.2) is 4.98 Å². The zero-order chi connectivity index (χ0) is 14.0. The number of carboxylic acid groups (broad SMARTS) is 1. The lowest BCUT2D eigenvalue weighted by Gasteiger charge is -2.22. The Labute approximate surface area is 115 Å². The van der Waals surface area contributed by atoms with Gasteiger partial charge in [0.25, 0.3) is 5.91 Å². The van der Waals surface area contributed by atoms with E-state index >= 15 is 0 Å². The summed E-state index contributed by atoms with van der Waals surface area (Å²) < 4.78 is 0. The summed E-state index contributed by atoms with van der Waals surface area (Å²) in [6.45, 7) is 2.41. The molecule has 0 saturated carbocycles. The van der Waals surface area contributed by atoms with E-state index in [-0.39, 0.29) is 24.4 Å². The molecule has 1 aliphatic heterocycles. The summed E-state index contributed by atoms with van der Waals surface area (Å²) in [6.07, 6.45) is 1.58. The number of nitrogens with two attached hydrogens (primary N) is 1. The van der Waals surface area contributed by atoms with Crippen molar-refractivity contribution in [3.05, 3.63) is 16.1 Å². The van der Waals surface area contributed by atoms with Crippen molar-refractivity contribution in [2.24, 2.45) is 5.73 Å². The van der Waals surface area contributed by atoms with Gasteiger partial charge in [0.05, 0.1) is 12.5 Å². The van der Waals surface area contributed by atoms with E-state index in [0.717, 1.165) is 17.8 Å². The Morgan fingerprint density at radius 1 is 1.68 bits per heavy atom. The third kappa shape index (κ3) is 3.10. The second kappa shape index (κ2) is 5.66. The van der Waals surface area contributed by atoms with E-state index in [1.165, 1.54) is 11.3 Å². The highest BCUT2D eigenvalue weighted by Gasteiger charge is 2.32. The molecule has 2 atom stereocenters. The molecule has 0 radical (unpaired) electrons. The number of nitrogens with zero attached hydrogens (tertiary/aromatic N) is 2. The number of hydrogen-bond donors (Lipinski definition) is 2. The van der Waals surface area contributed by atoms with Crippen molar-refractivity contribution in [1.29, 1.82) is 0 Å². The minimum absolute atomic E-state index is 0.00394. The van der Waals surface area contributed by atoms with Gasteiger partial charge in [-0.05, 0) is 19.8 Å². The van der Waals surface area contributed by atoms with Crippen molar-refractivity contribution in [2.75, 3.05) is 6.54 Å². The number of rotatable bonds is 4. The molecule has 1 aromatic heterocycles. The molecule has 19 heavy (non-hydrogen) atoms. The smallest absolute Gasteiger partial charge is 0.305 e. The number of aliphatic carboxylic acids is 1. The number of hydrogen-bond acceptors (Lipinski definition) is 5. The molecule has 0 aromatic carbocycles. The van der Waals surface area contributed by atoms with E-state index in [1.54, 1.807) is 10.3 Å². The highest BCUT2D eigenvalue weighted by molar-refractivity contribution is 7.09. The van der Waals surface area contributed by atoms with Crippen LogP contribution in [-0.4, -0.2) is 39.5 Å². The predicted octanol–water partition coefficient (Wildman–Crippen LogP) is 1.24. The standard InChI is InChI=1S/C12H17N3O3S/c1-7(13)11-14-9(6-19-11)12(18)15-4-2-3-8(15)5-10(16)17/h6-8H,2-5,13H2,1H3,(H,16,17). The van der Waals surface area contributed by atoms with Crippen LogP contribution in [0.4, 0.5) is 0 Å². The lowest BCUT2D eigenvalue weighted by Crippen LogP contribution is -2.37. The summed E-state index contributed by atoms with van der Waals surface area (Å²) >= 11 is 1.36. The van der Waals surface area contributed by atoms with Crippen molar-refractivity contribution in [3.63, 3.8) is 0 Å². The average molecular weight is 283 g/mol. The molecule has 0 bridgehead atoms. The zero-order valence-electron chi connectivity index (χ0n) is 10.7. The number of likely N-dealkylation sites (tertiary alicyclic amines) is 1. The first-order valence-corrected chi connectivity index (χ1v) is 7.10. The van der Waals surface area contributed by atoms with Crippen molar-refractivity contribution in [3.8, 4) is 0 Å². The molecule has 1 amide bonds. The van der Waals surface area contributed by atoms with Crippen LogP contribution in [0.3, 0.4) is 0 Å². The quantitative estimate of drug-likeness (QED) is 0.866. The fourth-order valence-electron chi connectivity index (χ4n) is 2.26. The van der Waals surface area contributed by atoms with Gasteiger partial charge in [-0.3, -0.25) is 9.59 Å². The first-order chi connectivity index (χ1) is 8.99. The van der Waals surface area contributed by atoms with Gasteiger partial charge < -0.3 is 15.7 Å². The molecule has 1 aliphatic rings.